The number of piperidine rings is 1. The number of amides is 1. The normalized spacial score (nSPS) is 17.2. The fraction of sp³-hybridized carbons (Fsp3) is 0.476. The van der Waals surface area contributed by atoms with Gasteiger partial charge in [-0.15, -0.1) is 0 Å². The van der Waals surface area contributed by atoms with Gasteiger partial charge in [0.15, 0.2) is 0 Å². The van der Waals surface area contributed by atoms with Gasteiger partial charge >= 0.3 is 0 Å². The second-order valence-corrected chi connectivity index (χ2v) is 8.43. The molecular formula is C21H24ClN5O4. The van der Waals surface area contributed by atoms with E-state index in [0.29, 0.717) is 36.8 Å². The first-order valence-corrected chi connectivity index (χ1v) is 10.9. The average Bonchev–Trinajstić information content (AvgIpc) is 3.32. The Hall–Kier alpha value is -2.94. The molecule has 1 aromatic heterocycles. The molecule has 0 unspecified atom stereocenters. The van der Waals surface area contributed by atoms with Gasteiger partial charge in [0, 0.05) is 44.7 Å². The molecule has 0 saturated carbocycles. The predicted molar refractivity (Wildman–Crippen MR) is 117 cm³/mol. The van der Waals surface area contributed by atoms with Crippen LogP contribution in [0.5, 0.6) is 0 Å². The lowest BCUT2D eigenvalue weighted by Gasteiger charge is -2.34. The van der Waals surface area contributed by atoms with Gasteiger partial charge in [0.2, 0.25) is 5.91 Å². The van der Waals surface area contributed by atoms with Crippen LogP contribution in [0.2, 0.25) is 5.02 Å². The lowest BCUT2D eigenvalue weighted by molar-refractivity contribution is -0.384. The number of hydrogen-bond donors (Lipinski definition) is 0. The van der Waals surface area contributed by atoms with E-state index < -0.39 is 10.5 Å². The minimum absolute atomic E-state index is 0.0643. The number of aromatic nitrogens is 2. The number of carbonyl (C=O) groups excluding carboxylic acids is 1. The van der Waals surface area contributed by atoms with E-state index >= 15 is 0 Å². The zero-order valence-electron chi connectivity index (χ0n) is 17.1. The summed E-state index contributed by atoms with van der Waals surface area (Å²) in [6, 6.07) is 5.57. The molecule has 2 saturated heterocycles. The third-order valence-electron chi connectivity index (χ3n) is 6.08. The molecule has 4 rings (SSSR count). The largest absolute Gasteiger partial charge is 0.369 e. The van der Waals surface area contributed by atoms with Crippen molar-refractivity contribution in [1.82, 2.24) is 14.7 Å². The maximum atomic E-state index is 12.8. The van der Waals surface area contributed by atoms with Crippen LogP contribution in [0.15, 0.2) is 35.3 Å². The Balaban J connectivity index is 1.42. The molecule has 0 bridgehead atoms. The van der Waals surface area contributed by atoms with E-state index in [1.54, 1.807) is 6.20 Å². The number of hydrogen-bond acceptors (Lipinski definition) is 6. The van der Waals surface area contributed by atoms with Gasteiger partial charge in [0.25, 0.3) is 11.2 Å². The van der Waals surface area contributed by atoms with Crippen molar-refractivity contribution in [2.24, 2.45) is 5.92 Å². The van der Waals surface area contributed by atoms with Crippen molar-refractivity contribution in [3.05, 3.63) is 56.0 Å². The molecule has 2 aromatic rings. The molecule has 0 aliphatic carbocycles. The highest BCUT2D eigenvalue weighted by Crippen LogP contribution is 2.29. The predicted octanol–water partition coefficient (Wildman–Crippen LogP) is 3.02. The Morgan fingerprint density at radius 1 is 1.13 bits per heavy atom. The molecule has 3 heterocycles. The van der Waals surface area contributed by atoms with Gasteiger partial charge in [0.05, 0.1) is 22.5 Å². The van der Waals surface area contributed by atoms with Gasteiger partial charge in [-0.2, -0.15) is 9.78 Å². The highest BCUT2D eigenvalue weighted by Gasteiger charge is 2.27. The summed E-state index contributed by atoms with van der Waals surface area (Å²) in [6.45, 7) is 3.18. The lowest BCUT2D eigenvalue weighted by atomic mass is 9.93. The molecule has 2 fully saturated rings. The summed E-state index contributed by atoms with van der Waals surface area (Å²) in [5, 5.41) is 15.1. The first-order valence-electron chi connectivity index (χ1n) is 10.5. The van der Waals surface area contributed by atoms with Gasteiger partial charge in [0.1, 0.15) is 5.02 Å². The third kappa shape index (κ3) is 4.56. The molecule has 9 nitrogen and oxygen atoms in total. The van der Waals surface area contributed by atoms with E-state index in [9.17, 15) is 19.7 Å². The smallest absolute Gasteiger partial charge is 0.292 e. The highest BCUT2D eigenvalue weighted by atomic mass is 35.5. The van der Waals surface area contributed by atoms with E-state index in [1.165, 1.54) is 24.3 Å². The fourth-order valence-corrected chi connectivity index (χ4v) is 4.51. The number of rotatable bonds is 5. The quantitative estimate of drug-likeness (QED) is 0.517. The number of anilines is 1. The van der Waals surface area contributed by atoms with Crippen LogP contribution in [-0.2, 0) is 4.79 Å². The summed E-state index contributed by atoms with van der Waals surface area (Å²) in [7, 11) is 0. The molecule has 164 valence electrons. The number of nitro groups is 1. The topological polar surface area (TPSA) is 102 Å². The molecule has 0 atom stereocenters. The molecule has 0 N–H and O–H groups in total. The molecule has 31 heavy (non-hydrogen) atoms. The number of halogens is 1. The van der Waals surface area contributed by atoms with E-state index in [1.807, 2.05) is 9.80 Å². The zero-order chi connectivity index (χ0) is 22.0. The zero-order valence-corrected chi connectivity index (χ0v) is 17.8. The van der Waals surface area contributed by atoms with Crippen LogP contribution in [0.4, 0.5) is 11.4 Å². The van der Waals surface area contributed by atoms with Crippen molar-refractivity contribution < 1.29 is 9.72 Å². The number of nitro benzene ring substituents is 1. The van der Waals surface area contributed by atoms with Crippen molar-refractivity contribution in [3.8, 4) is 5.69 Å². The summed E-state index contributed by atoms with van der Waals surface area (Å²) >= 11 is 6.39. The van der Waals surface area contributed by atoms with Crippen LogP contribution in [0, 0.1) is 16.0 Å². The van der Waals surface area contributed by atoms with Crippen molar-refractivity contribution in [1.29, 1.82) is 0 Å². The number of benzene rings is 1. The van der Waals surface area contributed by atoms with Crippen LogP contribution < -0.4 is 10.5 Å². The molecule has 0 radical (unpaired) electrons. The lowest BCUT2D eigenvalue weighted by Crippen LogP contribution is -2.38. The molecule has 10 heteroatoms. The van der Waals surface area contributed by atoms with Gasteiger partial charge in [-0.3, -0.25) is 19.7 Å². The maximum absolute atomic E-state index is 12.8. The van der Waals surface area contributed by atoms with Crippen LogP contribution in [0.25, 0.3) is 5.69 Å². The minimum atomic E-state index is -0.502. The first-order chi connectivity index (χ1) is 14.9. The summed E-state index contributed by atoms with van der Waals surface area (Å²) in [5.41, 5.74) is 0.447. The standard InChI is InChI=1S/C21H24ClN5O4/c22-20-18(14-23-26(21(20)29)16-3-5-17(6-4-16)27(30)31)24-11-7-15(8-12-24)13-19(28)25-9-1-2-10-25/h3-6,14-15H,1-2,7-13H2. The second kappa shape index (κ2) is 9.05. The number of non-ortho nitro benzene ring substituents is 1. The molecule has 1 aromatic carbocycles. The number of nitrogens with zero attached hydrogens (tertiary/aromatic N) is 5. The molecule has 2 aliphatic heterocycles. The van der Waals surface area contributed by atoms with Crippen LogP contribution in [0.1, 0.15) is 32.1 Å². The summed E-state index contributed by atoms with van der Waals surface area (Å²) < 4.78 is 1.14. The Morgan fingerprint density at radius 2 is 1.77 bits per heavy atom. The van der Waals surface area contributed by atoms with E-state index in [-0.39, 0.29) is 16.6 Å². The summed E-state index contributed by atoms with van der Waals surface area (Å²) in [4.78, 5) is 39.5. The van der Waals surface area contributed by atoms with Gasteiger partial charge in [-0.05, 0) is 43.7 Å². The SMILES string of the molecule is O=C(CC1CCN(c2cnn(-c3ccc([N+](=O)[O-])cc3)c(=O)c2Cl)CC1)N1CCCC1. The number of carbonyl (C=O) groups is 1. The molecule has 2 aliphatic rings. The molecular weight excluding hydrogens is 422 g/mol. The second-order valence-electron chi connectivity index (χ2n) is 8.06. The van der Waals surface area contributed by atoms with Crippen molar-refractivity contribution in [3.63, 3.8) is 0 Å². The maximum Gasteiger partial charge on any atom is 0.292 e. The van der Waals surface area contributed by atoms with E-state index in [2.05, 4.69) is 5.10 Å². The fourth-order valence-electron chi connectivity index (χ4n) is 4.26. The van der Waals surface area contributed by atoms with Crippen molar-refractivity contribution >= 4 is 28.9 Å². The van der Waals surface area contributed by atoms with E-state index in [0.717, 1.165) is 43.5 Å². The summed E-state index contributed by atoms with van der Waals surface area (Å²) in [6.07, 6.45) is 6.06. The first kappa shape index (κ1) is 21.3. The Bertz CT molecular complexity index is 1030. The van der Waals surface area contributed by atoms with Crippen LogP contribution >= 0.6 is 11.6 Å². The van der Waals surface area contributed by atoms with Gasteiger partial charge in [-0.1, -0.05) is 11.6 Å². The number of likely N-dealkylation sites (tertiary alicyclic amines) is 1. The average molecular weight is 446 g/mol. The van der Waals surface area contributed by atoms with Crippen molar-refractivity contribution in [2.75, 3.05) is 31.1 Å². The Kier molecular flexibility index (Phi) is 6.22. The van der Waals surface area contributed by atoms with Crippen LogP contribution in [-0.4, -0.2) is 51.7 Å². The minimum Gasteiger partial charge on any atom is -0.369 e. The Labute approximate surface area is 184 Å². The highest BCUT2D eigenvalue weighted by molar-refractivity contribution is 6.33. The molecule has 1 amide bonds. The van der Waals surface area contributed by atoms with Gasteiger partial charge in [-0.25, -0.2) is 0 Å². The summed E-state index contributed by atoms with van der Waals surface area (Å²) in [5.74, 6) is 0.595. The van der Waals surface area contributed by atoms with Gasteiger partial charge < -0.3 is 9.80 Å². The monoisotopic (exact) mass is 445 g/mol. The van der Waals surface area contributed by atoms with Crippen LogP contribution in [0.3, 0.4) is 0 Å². The third-order valence-corrected chi connectivity index (χ3v) is 6.44. The van der Waals surface area contributed by atoms with Crippen molar-refractivity contribution in [2.45, 2.75) is 32.1 Å². The molecule has 0 spiro atoms. The Morgan fingerprint density at radius 3 is 2.39 bits per heavy atom. The van der Waals surface area contributed by atoms with E-state index in [4.69, 9.17) is 11.6 Å².